The number of aliphatic hydroxyl groups is 1. The van der Waals surface area contributed by atoms with Crippen LogP contribution in [0.3, 0.4) is 0 Å². The number of amides is 1. The molecule has 0 aromatic carbocycles. The third-order valence-electron chi connectivity index (χ3n) is 17.1. The predicted octanol–water partition coefficient (Wildman–Crippen LogP) is 6.90. The molecule has 2 bridgehead atoms. The standard InChI is InChI=1S/C54H80N2O17Si/c1-30-15-18-40(70-42-27-52(9,56(63)64)46(34(5)69-42)55-50(62)66-12)31(2)24-38-39(58)25-35(28-57)26-54(38)48(73-74(13,14)51(6,7)8)43(49(61)72-54)47(60)53(10)37(30)17-16-36-44(53)32(3)23-33(4)45(36)71-41(59)29-68-22-21-67-20-19-65-11/h15-17,24-25,28,32-34,36-40,42,44-46,58H,18-23,26-27,29H2,1-14H3,(H,55,62)/b30-15-,31-24+/t32-,33-,34+,36-,37-,38+,39-,40-,42-,44+,45-,46-,52-,53+,54-/m0/s1. The van der Waals surface area contributed by atoms with E-state index < -0.39 is 119 Å². The van der Waals surface area contributed by atoms with Gasteiger partial charge in [0.1, 0.15) is 36.4 Å². The molecule has 6 rings (SSSR count). The number of ketones is 1. The average molecular weight is 1060 g/mol. The topological polar surface area (TPSA) is 244 Å². The molecule has 0 aromatic rings. The lowest BCUT2D eigenvalue weighted by Crippen LogP contribution is -2.65. The van der Waals surface area contributed by atoms with Crippen LogP contribution in [0.5, 0.6) is 0 Å². The fraction of sp³-hybridized carbons (Fsp3) is 0.722. The second-order valence-electron chi connectivity index (χ2n) is 23.2. The van der Waals surface area contributed by atoms with Gasteiger partial charge in [0.15, 0.2) is 17.7 Å². The number of Topliss-reactive ketones (excluding diaryl/α,β-unsaturated/α-hetero) is 1. The summed E-state index contributed by atoms with van der Waals surface area (Å²) in [6, 6.07) is -1.09. The van der Waals surface area contributed by atoms with Gasteiger partial charge in [0.2, 0.25) is 13.9 Å². The molecule has 2 fully saturated rings. The van der Waals surface area contributed by atoms with Crippen molar-refractivity contribution in [3.63, 3.8) is 0 Å². The first-order valence-corrected chi connectivity index (χ1v) is 28.8. The summed E-state index contributed by atoms with van der Waals surface area (Å²) in [5.74, 6) is -5.19. The smallest absolute Gasteiger partial charge is 0.407 e. The molecule has 2 aliphatic heterocycles. The first kappa shape index (κ1) is 58.7. The molecule has 6 aliphatic rings. The van der Waals surface area contributed by atoms with Crippen molar-refractivity contribution in [1.82, 2.24) is 5.32 Å². The predicted molar refractivity (Wildman–Crippen MR) is 272 cm³/mol. The summed E-state index contributed by atoms with van der Waals surface area (Å²) in [6.45, 7) is 23.6. The normalized spacial score (nSPS) is 37.9. The van der Waals surface area contributed by atoms with E-state index in [-0.39, 0.29) is 67.8 Å². The van der Waals surface area contributed by atoms with Crippen LogP contribution >= 0.6 is 0 Å². The number of rotatable bonds is 16. The van der Waals surface area contributed by atoms with Gasteiger partial charge < -0.3 is 52.7 Å². The molecule has 1 saturated heterocycles. The number of aliphatic hydroxyl groups excluding tert-OH is 1. The minimum Gasteiger partial charge on any atom is -0.543 e. The van der Waals surface area contributed by atoms with Crippen LogP contribution in [0.4, 0.5) is 4.79 Å². The quantitative estimate of drug-likeness (QED) is 0.0184. The van der Waals surface area contributed by atoms with Crippen LogP contribution in [0, 0.1) is 51.0 Å². The Kier molecular flexibility index (Phi) is 18.2. The zero-order chi connectivity index (χ0) is 54.9. The molecule has 20 heteroatoms. The number of hydrogen-bond acceptors (Lipinski definition) is 17. The average Bonchev–Trinajstić information content (AvgIpc) is 3.58. The molecule has 412 valence electrons. The van der Waals surface area contributed by atoms with E-state index in [0.717, 1.165) is 12.7 Å². The summed E-state index contributed by atoms with van der Waals surface area (Å²) < 4.78 is 54.2. The van der Waals surface area contributed by atoms with Crippen molar-refractivity contribution in [3.05, 3.63) is 68.5 Å². The molecular formula is C54H80N2O17Si. The minimum atomic E-state index is -3.02. The maximum Gasteiger partial charge on any atom is 0.407 e. The van der Waals surface area contributed by atoms with Crippen LogP contribution in [0.25, 0.3) is 0 Å². The van der Waals surface area contributed by atoms with E-state index in [1.54, 1.807) is 27.0 Å². The van der Waals surface area contributed by atoms with Crippen LogP contribution in [0.2, 0.25) is 18.1 Å². The van der Waals surface area contributed by atoms with Crippen LogP contribution in [-0.4, -0.2) is 144 Å². The monoisotopic (exact) mass is 1060 g/mol. The maximum absolute atomic E-state index is 16.5. The van der Waals surface area contributed by atoms with Crippen LogP contribution in [0.1, 0.15) is 94.9 Å². The van der Waals surface area contributed by atoms with Crippen LogP contribution < -0.4 is 5.32 Å². The first-order chi connectivity index (χ1) is 34.6. The third kappa shape index (κ3) is 11.4. The number of nitro groups is 1. The number of allylic oxidation sites excluding steroid dienone is 2. The molecule has 1 saturated carbocycles. The molecule has 4 aliphatic carbocycles. The number of nitrogens with zero attached hydrogens (tertiary/aromatic N) is 1. The second-order valence-corrected chi connectivity index (χ2v) is 27.9. The summed E-state index contributed by atoms with van der Waals surface area (Å²) in [5, 5.41) is 27.2. The number of fused-ring (bicyclic) bond motifs is 3. The number of esters is 2. The van der Waals surface area contributed by atoms with Gasteiger partial charge in [0.05, 0.1) is 64.2 Å². The molecule has 15 atom stereocenters. The van der Waals surface area contributed by atoms with Crippen LogP contribution in [-0.2, 0) is 61.5 Å². The Morgan fingerprint density at radius 3 is 2.31 bits per heavy atom. The van der Waals surface area contributed by atoms with Crippen molar-refractivity contribution < 1.29 is 76.3 Å². The lowest BCUT2D eigenvalue weighted by Gasteiger charge is -2.55. The number of nitrogens with one attached hydrogen (secondary N) is 1. The molecule has 2 heterocycles. The number of carbonyl (C=O) groups excluding carboxylic acids is 5. The second kappa shape index (κ2) is 23.0. The van der Waals surface area contributed by atoms with E-state index in [4.69, 9.17) is 42.3 Å². The fourth-order valence-corrected chi connectivity index (χ4v) is 13.3. The third-order valence-corrected chi connectivity index (χ3v) is 21.4. The van der Waals surface area contributed by atoms with E-state index in [0.29, 0.717) is 31.5 Å². The van der Waals surface area contributed by atoms with Gasteiger partial charge in [-0.1, -0.05) is 71.4 Å². The number of aldehydes is 1. The van der Waals surface area contributed by atoms with Gasteiger partial charge >= 0.3 is 18.0 Å². The Balaban J connectivity index is 1.53. The van der Waals surface area contributed by atoms with E-state index in [1.165, 1.54) is 13.0 Å². The van der Waals surface area contributed by atoms with Gasteiger partial charge in [-0.25, -0.2) is 14.4 Å². The lowest BCUT2D eigenvalue weighted by molar-refractivity contribution is -0.584. The summed E-state index contributed by atoms with van der Waals surface area (Å²) in [4.78, 5) is 82.8. The van der Waals surface area contributed by atoms with Crippen molar-refractivity contribution in [3.8, 4) is 0 Å². The van der Waals surface area contributed by atoms with Crippen LogP contribution in [0.15, 0.2) is 58.4 Å². The molecule has 74 heavy (non-hydrogen) atoms. The molecular weight excluding hydrogens is 977 g/mol. The highest BCUT2D eigenvalue weighted by Gasteiger charge is 2.65. The van der Waals surface area contributed by atoms with E-state index in [1.807, 2.05) is 72.9 Å². The molecule has 19 nitrogen and oxygen atoms in total. The number of alkyl carbamates (subject to hydrolysis) is 1. The van der Waals surface area contributed by atoms with Crippen molar-refractivity contribution in [2.45, 2.75) is 161 Å². The highest BCUT2D eigenvalue weighted by Crippen LogP contribution is 2.60. The Bertz CT molecular complexity index is 2320. The molecule has 0 aromatic heterocycles. The van der Waals surface area contributed by atoms with Gasteiger partial charge in [-0.15, -0.1) is 0 Å². The largest absolute Gasteiger partial charge is 0.543 e. The zero-order valence-corrected chi connectivity index (χ0v) is 46.7. The number of hydrogen-bond donors (Lipinski definition) is 2. The van der Waals surface area contributed by atoms with E-state index in [9.17, 15) is 29.6 Å². The van der Waals surface area contributed by atoms with Crippen molar-refractivity contribution >= 4 is 38.4 Å². The number of carbonyl (C=O) groups is 5. The molecule has 0 radical (unpaired) electrons. The lowest BCUT2D eigenvalue weighted by atomic mass is 9.48. The highest BCUT2D eigenvalue weighted by atomic mass is 28.4. The van der Waals surface area contributed by atoms with Crippen molar-refractivity contribution in [2.75, 3.05) is 47.3 Å². The SMILES string of the molecule is COCCOCCOCC(=O)O[C@@H]1[C@H]2C=C[C@H]3/C(C)=C\C[C@H](O[C@H]4C[C@](C)([N+](=O)[O-])[C@@H](NC(=O)OC)[C@@H](C)O4)/C(C)=C/[C@@H]4[C@@H](O)C=C(C=O)C[C@]45OC(=O)C(=C5O[Si](C)(C)C(C)(C)C)C(=O)[C@@]3(C)[C@@H]2[C@@H](C)C[C@@H]1C. The molecule has 2 N–H and O–H groups in total. The summed E-state index contributed by atoms with van der Waals surface area (Å²) >= 11 is 0. The fourth-order valence-electron chi connectivity index (χ4n) is 12.2. The van der Waals surface area contributed by atoms with Gasteiger partial charge in [0.25, 0.3) is 0 Å². The minimum absolute atomic E-state index is 0.0393. The van der Waals surface area contributed by atoms with E-state index >= 15 is 9.59 Å². The van der Waals surface area contributed by atoms with E-state index in [2.05, 4.69) is 12.2 Å². The highest BCUT2D eigenvalue weighted by molar-refractivity contribution is 6.74. The number of ether oxygens (including phenoxy) is 8. The first-order valence-electron chi connectivity index (χ1n) is 25.8. The Labute approximate surface area is 436 Å². The number of methoxy groups -OCH3 is 2. The molecule has 1 amide bonds. The van der Waals surface area contributed by atoms with Crippen molar-refractivity contribution in [1.29, 1.82) is 0 Å². The van der Waals surface area contributed by atoms with Crippen molar-refractivity contribution in [2.24, 2.45) is 40.9 Å². The summed E-state index contributed by atoms with van der Waals surface area (Å²) in [5.41, 5.74) is -3.96. The van der Waals surface area contributed by atoms with Gasteiger partial charge in [-0.05, 0) is 86.7 Å². The Morgan fingerprint density at radius 1 is 1.00 bits per heavy atom. The molecule has 1 spiro atoms. The van der Waals surface area contributed by atoms with Gasteiger partial charge in [0, 0.05) is 42.6 Å². The summed E-state index contributed by atoms with van der Waals surface area (Å²) in [7, 11) is -0.281. The Morgan fingerprint density at radius 2 is 1.68 bits per heavy atom. The summed E-state index contributed by atoms with van der Waals surface area (Å²) in [6.07, 6.45) is 3.92. The Hall–Kier alpha value is -4.57. The van der Waals surface area contributed by atoms with Gasteiger partial charge in [-0.3, -0.25) is 19.7 Å². The maximum atomic E-state index is 16.5. The van der Waals surface area contributed by atoms with Gasteiger partial charge in [-0.2, -0.15) is 0 Å². The molecule has 0 unspecified atom stereocenters. The zero-order valence-electron chi connectivity index (χ0n) is 45.7.